The van der Waals surface area contributed by atoms with Gasteiger partial charge in [-0.05, 0) is 18.8 Å². The van der Waals surface area contributed by atoms with E-state index in [2.05, 4.69) is 31.1 Å². The summed E-state index contributed by atoms with van der Waals surface area (Å²) in [5, 5.41) is 3.23. The summed E-state index contributed by atoms with van der Waals surface area (Å²) in [7, 11) is 0. The van der Waals surface area contributed by atoms with Crippen molar-refractivity contribution in [1.82, 2.24) is 9.55 Å². The molecule has 1 atom stereocenters. The summed E-state index contributed by atoms with van der Waals surface area (Å²) in [6.07, 6.45) is 9.25. The van der Waals surface area contributed by atoms with E-state index in [1.807, 2.05) is 0 Å². The highest BCUT2D eigenvalue weighted by Gasteiger charge is 2.08. The summed E-state index contributed by atoms with van der Waals surface area (Å²) in [6.45, 7) is 8.08. The molecule has 1 aromatic rings. The van der Waals surface area contributed by atoms with Gasteiger partial charge in [-0.2, -0.15) is 0 Å². The molecule has 1 aromatic heterocycles. The number of anilines is 1. The van der Waals surface area contributed by atoms with Gasteiger partial charge in [-0.15, -0.1) is 0 Å². The van der Waals surface area contributed by atoms with Gasteiger partial charge in [0.25, 0.3) is 5.56 Å². The van der Waals surface area contributed by atoms with Gasteiger partial charge < -0.3 is 9.88 Å². The molecule has 1 unspecified atom stereocenters. The van der Waals surface area contributed by atoms with Crippen molar-refractivity contribution in [1.29, 1.82) is 0 Å². The highest BCUT2D eigenvalue weighted by Crippen LogP contribution is 2.12. The van der Waals surface area contributed by atoms with Crippen molar-refractivity contribution in [2.45, 2.75) is 59.4 Å². The van der Waals surface area contributed by atoms with Crippen LogP contribution >= 0.6 is 0 Å². The molecule has 0 spiro atoms. The van der Waals surface area contributed by atoms with Crippen molar-refractivity contribution < 1.29 is 0 Å². The average Bonchev–Trinajstić information content (AvgIpc) is 2.43. The third-order valence-electron chi connectivity index (χ3n) is 3.48. The maximum Gasteiger partial charge on any atom is 0.293 e. The molecule has 0 radical (unpaired) electrons. The molecule has 0 amide bonds. The summed E-state index contributed by atoms with van der Waals surface area (Å²) in [5.41, 5.74) is -0.00491. The molecule has 0 aliphatic carbocycles. The maximum atomic E-state index is 12.1. The maximum absolute atomic E-state index is 12.1. The zero-order valence-electron chi connectivity index (χ0n) is 12.5. The lowest BCUT2D eigenvalue weighted by atomic mass is 9.99. The molecule has 0 saturated heterocycles. The van der Waals surface area contributed by atoms with Gasteiger partial charge in [0.15, 0.2) is 5.82 Å². The molecule has 0 saturated carbocycles. The fraction of sp³-hybridized carbons (Fsp3) is 0.733. The van der Waals surface area contributed by atoms with Crippen LogP contribution in [0.5, 0.6) is 0 Å². The largest absolute Gasteiger partial charge is 0.365 e. The van der Waals surface area contributed by atoms with Crippen molar-refractivity contribution in [3.63, 3.8) is 0 Å². The Morgan fingerprint density at radius 2 is 2.11 bits per heavy atom. The molecule has 1 rings (SSSR count). The van der Waals surface area contributed by atoms with Gasteiger partial charge >= 0.3 is 0 Å². The topological polar surface area (TPSA) is 46.9 Å². The van der Waals surface area contributed by atoms with E-state index in [-0.39, 0.29) is 5.56 Å². The molecular weight excluding hydrogens is 238 g/mol. The number of nitrogens with one attached hydrogen (secondary N) is 1. The number of nitrogens with zero attached hydrogens (tertiary/aromatic N) is 2. The molecule has 19 heavy (non-hydrogen) atoms. The zero-order chi connectivity index (χ0) is 14.1. The van der Waals surface area contributed by atoms with Crippen LogP contribution in [0, 0.1) is 5.92 Å². The third kappa shape index (κ3) is 5.05. The number of hydrogen-bond donors (Lipinski definition) is 1. The van der Waals surface area contributed by atoms with E-state index in [1.165, 1.54) is 19.3 Å². The Kier molecular flexibility index (Phi) is 7.23. The van der Waals surface area contributed by atoms with Crippen molar-refractivity contribution in [3.8, 4) is 0 Å². The van der Waals surface area contributed by atoms with Crippen LogP contribution in [0.25, 0.3) is 0 Å². The first-order chi connectivity index (χ1) is 9.22. The number of rotatable bonds is 9. The van der Waals surface area contributed by atoms with Gasteiger partial charge in [0, 0.05) is 25.5 Å². The van der Waals surface area contributed by atoms with Gasteiger partial charge in [0.2, 0.25) is 0 Å². The minimum absolute atomic E-state index is 0.00491. The zero-order valence-corrected chi connectivity index (χ0v) is 12.5. The minimum atomic E-state index is -0.00491. The van der Waals surface area contributed by atoms with E-state index in [0.717, 1.165) is 25.9 Å². The second kappa shape index (κ2) is 8.73. The predicted molar refractivity (Wildman–Crippen MR) is 80.6 cm³/mol. The molecule has 4 nitrogen and oxygen atoms in total. The highest BCUT2D eigenvalue weighted by atomic mass is 16.1. The molecule has 0 aliphatic rings. The van der Waals surface area contributed by atoms with Gasteiger partial charge in [-0.3, -0.25) is 4.79 Å². The van der Waals surface area contributed by atoms with Crippen LogP contribution < -0.4 is 10.9 Å². The highest BCUT2D eigenvalue weighted by molar-refractivity contribution is 5.30. The molecule has 1 N–H and O–H groups in total. The fourth-order valence-electron chi connectivity index (χ4n) is 2.17. The number of aromatic nitrogens is 2. The average molecular weight is 265 g/mol. The van der Waals surface area contributed by atoms with Gasteiger partial charge in [-0.25, -0.2) is 4.98 Å². The molecule has 108 valence electrons. The van der Waals surface area contributed by atoms with Crippen LogP contribution in [0.15, 0.2) is 17.2 Å². The second-order valence-electron chi connectivity index (χ2n) is 5.07. The van der Waals surface area contributed by atoms with Crippen molar-refractivity contribution in [2.75, 3.05) is 11.9 Å². The molecule has 0 aromatic carbocycles. The monoisotopic (exact) mass is 265 g/mol. The molecular formula is C15H27N3O. The first kappa shape index (κ1) is 15.7. The quantitative estimate of drug-likeness (QED) is 0.745. The Hall–Kier alpha value is -1.32. The van der Waals surface area contributed by atoms with Crippen LogP contribution in [0.4, 0.5) is 5.82 Å². The summed E-state index contributed by atoms with van der Waals surface area (Å²) in [5.74, 6) is 1.12. The van der Waals surface area contributed by atoms with Gasteiger partial charge in [0.1, 0.15) is 0 Å². The van der Waals surface area contributed by atoms with Gasteiger partial charge in [0.05, 0.1) is 0 Å². The minimum Gasteiger partial charge on any atom is -0.365 e. The normalized spacial score (nSPS) is 12.4. The Morgan fingerprint density at radius 3 is 2.74 bits per heavy atom. The summed E-state index contributed by atoms with van der Waals surface area (Å²) < 4.78 is 1.72. The number of unbranched alkanes of at least 4 members (excludes halogenated alkanes) is 1. The van der Waals surface area contributed by atoms with Crippen LogP contribution in [-0.4, -0.2) is 16.1 Å². The Bertz CT molecular complexity index is 414. The first-order valence-corrected chi connectivity index (χ1v) is 7.52. The van der Waals surface area contributed by atoms with E-state index in [0.29, 0.717) is 11.7 Å². The van der Waals surface area contributed by atoms with E-state index < -0.39 is 0 Å². The van der Waals surface area contributed by atoms with Crippen LogP contribution in [-0.2, 0) is 6.54 Å². The SMILES string of the molecule is CCCCC(CC)CNc1nccn(CCC)c1=O. The Balaban J connectivity index is 2.61. The molecule has 1 heterocycles. The Labute approximate surface area is 116 Å². The lowest BCUT2D eigenvalue weighted by molar-refractivity contribution is 0.472. The lowest BCUT2D eigenvalue weighted by Gasteiger charge is -2.15. The second-order valence-corrected chi connectivity index (χ2v) is 5.07. The molecule has 0 bridgehead atoms. The fourth-order valence-corrected chi connectivity index (χ4v) is 2.17. The third-order valence-corrected chi connectivity index (χ3v) is 3.48. The standard InChI is InChI=1S/C15H27N3O/c1-4-7-8-13(6-3)12-17-14-15(19)18(10-5-2)11-9-16-14/h9,11,13H,4-8,10,12H2,1-3H3,(H,16,17). The van der Waals surface area contributed by atoms with E-state index in [4.69, 9.17) is 0 Å². The van der Waals surface area contributed by atoms with Crippen LogP contribution in [0.2, 0.25) is 0 Å². The van der Waals surface area contributed by atoms with Crippen LogP contribution in [0.1, 0.15) is 52.9 Å². The first-order valence-electron chi connectivity index (χ1n) is 7.52. The van der Waals surface area contributed by atoms with E-state index >= 15 is 0 Å². The van der Waals surface area contributed by atoms with Crippen molar-refractivity contribution in [3.05, 3.63) is 22.7 Å². The number of hydrogen-bond acceptors (Lipinski definition) is 3. The van der Waals surface area contributed by atoms with Crippen LogP contribution in [0.3, 0.4) is 0 Å². The predicted octanol–water partition coefficient (Wildman–Crippen LogP) is 3.28. The summed E-state index contributed by atoms with van der Waals surface area (Å²) in [4.78, 5) is 16.3. The van der Waals surface area contributed by atoms with Crippen molar-refractivity contribution in [2.24, 2.45) is 5.92 Å². The van der Waals surface area contributed by atoms with Gasteiger partial charge in [-0.1, -0.05) is 40.0 Å². The number of aryl methyl sites for hydroxylation is 1. The smallest absolute Gasteiger partial charge is 0.293 e. The summed E-state index contributed by atoms with van der Waals surface area (Å²) in [6, 6.07) is 0. The molecule has 0 fully saturated rings. The molecule has 0 aliphatic heterocycles. The van der Waals surface area contributed by atoms with E-state index in [1.54, 1.807) is 17.0 Å². The molecule has 4 heteroatoms. The van der Waals surface area contributed by atoms with Crippen molar-refractivity contribution >= 4 is 5.82 Å². The Morgan fingerprint density at radius 1 is 1.32 bits per heavy atom. The summed E-state index contributed by atoms with van der Waals surface area (Å²) >= 11 is 0. The van der Waals surface area contributed by atoms with E-state index in [9.17, 15) is 4.79 Å². The lowest BCUT2D eigenvalue weighted by Crippen LogP contribution is -2.26.